The van der Waals surface area contributed by atoms with E-state index in [4.69, 9.17) is 4.74 Å². The van der Waals surface area contributed by atoms with E-state index >= 15 is 0 Å². The molecule has 0 saturated carbocycles. The summed E-state index contributed by atoms with van der Waals surface area (Å²) < 4.78 is 9.02. The van der Waals surface area contributed by atoms with Crippen LogP contribution in [0.25, 0.3) is 0 Å². The van der Waals surface area contributed by atoms with Crippen molar-refractivity contribution in [3.63, 3.8) is 0 Å². The fraction of sp³-hybridized carbons (Fsp3) is 0.357. The Morgan fingerprint density at radius 3 is 3.16 bits per heavy atom. The molecule has 0 amide bonds. The first-order chi connectivity index (χ1) is 9.31. The van der Waals surface area contributed by atoms with Crippen molar-refractivity contribution < 1.29 is 4.74 Å². The van der Waals surface area contributed by atoms with Crippen LogP contribution in [0.5, 0.6) is 5.75 Å². The van der Waals surface area contributed by atoms with E-state index < -0.39 is 0 Å². The number of halogens is 1. The van der Waals surface area contributed by atoms with Crippen molar-refractivity contribution in [3.8, 4) is 5.75 Å². The van der Waals surface area contributed by atoms with E-state index in [-0.39, 0.29) is 0 Å². The molecule has 1 aliphatic heterocycles. The van der Waals surface area contributed by atoms with Crippen LogP contribution < -0.4 is 4.74 Å². The summed E-state index contributed by atoms with van der Waals surface area (Å²) in [6.45, 7) is 4.63. The Kier molecular flexibility index (Phi) is 3.84. The van der Waals surface area contributed by atoms with Crippen LogP contribution in [0, 0.1) is 0 Å². The summed E-state index contributed by atoms with van der Waals surface area (Å²) in [5, 5.41) is 0. The van der Waals surface area contributed by atoms with Gasteiger partial charge in [-0.3, -0.25) is 4.90 Å². The maximum atomic E-state index is 5.76. The number of nitrogens with zero attached hydrogens (tertiary/aromatic N) is 3. The smallest absolute Gasteiger partial charge is 0.122 e. The number of aromatic nitrogens is 2. The standard InChI is InChI=1S/C14H16BrN3O/c15-12-2-1-3-13(10-12)19-9-8-17-6-7-18-5-4-16-14(18)11-17/h1-5,10H,6-9,11H2. The maximum Gasteiger partial charge on any atom is 0.122 e. The van der Waals surface area contributed by atoms with Gasteiger partial charge in [-0.05, 0) is 18.2 Å². The topological polar surface area (TPSA) is 30.3 Å². The van der Waals surface area contributed by atoms with Gasteiger partial charge >= 0.3 is 0 Å². The van der Waals surface area contributed by atoms with E-state index in [1.54, 1.807) is 0 Å². The van der Waals surface area contributed by atoms with Gasteiger partial charge in [0.05, 0.1) is 6.54 Å². The zero-order valence-corrected chi connectivity index (χ0v) is 12.2. The molecule has 4 nitrogen and oxygen atoms in total. The summed E-state index contributed by atoms with van der Waals surface area (Å²) in [5.41, 5.74) is 0. The number of rotatable bonds is 4. The fourth-order valence-corrected chi connectivity index (χ4v) is 2.64. The molecule has 19 heavy (non-hydrogen) atoms. The van der Waals surface area contributed by atoms with Crippen molar-refractivity contribution in [3.05, 3.63) is 47.0 Å². The highest BCUT2D eigenvalue weighted by Crippen LogP contribution is 2.18. The van der Waals surface area contributed by atoms with E-state index in [9.17, 15) is 0 Å². The minimum atomic E-state index is 0.706. The molecule has 2 aromatic rings. The van der Waals surface area contributed by atoms with Crippen LogP contribution >= 0.6 is 15.9 Å². The average molecular weight is 322 g/mol. The number of benzene rings is 1. The Balaban J connectivity index is 1.49. The summed E-state index contributed by atoms with van der Waals surface area (Å²) >= 11 is 3.44. The normalized spacial score (nSPS) is 15.2. The van der Waals surface area contributed by atoms with Crippen molar-refractivity contribution in [2.24, 2.45) is 0 Å². The van der Waals surface area contributed by atoms with Crippen LogP contribution in [-0.2, 0) is 13.1 Å². The first-order valence-corrected chi connectivity index (χ1v) is 7.21. The van der Waals surface area contributed by atoms with Crippen molar-refractivity contribution >= 4 is 15.9 Å². The highest BCUT2D eigenvalue weighted by Gasteiger charge is 2.15. The van der Waals surface area contributed by atoms with Crippen molar-refractivity contribution in [2.75, 3.05) is 19.7 Å². The Morgan fingerprint density at radius 2 is 2.26 bits per heavy atom. The van der Waals surface area contributed by atoms with E-state index in [2.05, 4.69) is 30.4 Å². The second-order valence-corrected chi connectivity index (χ2v) is 5.53. The molecular weight excluding hydrogens is 306 g/mol. The third-order valence-electron chi connectivity index (χ3n) is 3.30. The van der Waals surface area contributed by atoms with Gasteiger partial charge in [-0.15, -0.1) is 0 Å². The molecule has 0 radical (unpaired) electrons. The predicted octanol–water partition coefficient (Wildman–Crippen LogP) is 2.54. The number of hydrogen-bond donors (Lipinski definition) is 0. The molecule has 100 valence electrons. The molecule has 3 rings (SSSR count). The van der Waals surface area contributed by atoms with Crippen LogP contribution in [0.4, 0.5) is 0 Å². The lowest BCUT2D eigenvalue weighted by atomic mass is 10.3. The molecule has 2 heterocycles. The molecule has 0 aliphatic carbocycles. The van der Waals surface area contributed by atoms with Crippen LogP contribution in [0.1, 0.15) is 5.82 Å². The summed E-state index contributed by atoms with van der Waals surface area (Å²) in [6, 6.07) is 7.95. The van der Waals surface area contributed by atoms with E-state index in [1.807, 2.05) is 36.7 Å². The Morgan fingerprint density at radius 1 is 1.32 bits per heavy atom. The first-order valence-electron chi connectivity index (χ1n) is 6.42. The highest BCUT2D eigenvalue weighted by molar-refractivity contribution is 9.10. The molecule has 1 aromatic carbocycles. The molecule has 0 fully saturated rings. The van der Waals surface area contributed by atoms with Gasteiger partial charge in [-0.1, -0.05) is 22.0 Å². The summed E-state index contributed by atoms with van der Waals surface area (Å²) in [4.78, 5) is 6.73. The first kappa shape index (κ1) is 12.7. The molecule has 1 aromatic heterocycles. The van der Waals surface area contributed by atoms with Gasteiger partial charge in [0.25, 0.3) is 0 Å². The molecule has 0 spiro atoms. The molecule has 5 heteroatoms. The maximum absolute atomic E-state index is 5.76. The third-order valence-corrected chi connectivity index (χ3v) is 3.79. The van der Waals surface area contributed by atoms with Crippen molar-refractivity contribution in [2.45, 2.75) is 13.1 Å². The Hall–Kier alpha value is -1.33. The van der Waals surface area contributed by atoms with Gasteiger partial charge in [0, 0.05) is 36.5 Å². The monoisotopic (exact) mass is 321 g/mol. The fourth-order valence-electron chi connectivity index (χ4n) is 2.26. The van der Waals surface area contributed by atoms with Gasteiger partial charge in [0.2, 0.25) is 0 Å². The van der Waals surface area contributed by atoms with Gasteiger partial charge in [0.15, 0.2) is 0 Å². The highest BCUT2D eigenvalue weighted by atomic mass is 79.9. The minimum Gasteiger partial charge on any atom is -0.492 e. The molecule has 1 aliphatic rings. The lowest BCUT2D eigenvalue weighted by Crippen LogP contribution is -2.36. The van der Waals surface area contributed by atoms with Crippen LogP contribution in [-0.4, -0.2) is 34.1 Å². The zero-order chi connectivity index (χ0) is 13.1. The third kappa shape index (κ3) is 3.16. The second kappa shape index (κ2) is 5.75. The molecule has 0 unspecified atom stereocenters. The largest absolute Gasteiger partial charge is 0.492 e. The molecule has 0 atom stereocenters. The lowest BCUT2D eigenvalue weighted by molar-refractivity contribution is 0.174. The number of ether oxygens (including phenoxy) is 1. The van der Waals surface area contributed by atoms with Gasteiger partial charge in [-0.25, -0.2) is 4.98 Å². The minimum absolute atomic E-state index is 0.706. The zero-order valence-electron chi connectivity index (χ0n) is 10.6. The predicted molar refractivity (Wildman–Crippen MR) is 77.1 cm³/mol. The molecule has 0 N–H and O–H groups in total. The van der Waals surface area contributed by atoms with Crippen LogP contribution in [0.15, 0.2) is 41.1 Å². The Bertz CT molecular complexity index is 555. The lowest BCUT2D eigenvalue weighted by Gasteiger charge is -2.27. The van der Waals surface area contributed by atoms with E-state index in [0.29, 0.717) is 6.61 Å². The van der Waals surface area contributed by atoms with Crippen molar-refractivity contribution in [1.82, 2.24) is 14.5 Å². The van der Waals surface area contributed by atoms with Crippen LogP contribution in [0.3, 0.4) is 0 Å². The summed E-state index contributed by atoms with van der Waals surface area (Å²) in [6.07, 6.45) is 3.92. The summed E-state index contributed by atoms with van der Waals surface area (Å²) in [7, 11) is 0. The number of imidazole rings is 1. The van der Waals surface area contributed by atoms with Crippen LogP contribution in [0.2, 0.25) is 0 Å². The second-order valence-electron chi connectivity index (χ2n) is 4.62. The van der Waals surface area contributed by atoms with E-state index in [1.165, 1.54) is 0 Å². The average Bonchev–Trinajstić information content (AvgIpc) is 2.86. The number of hydrogen-bond acceptors (Lipinski definition) is 3. The number of fused-ring (bicyclic) bond motifs is 1. The van der Waals surface area contributed by atoms with Gasteiger partial charge in [-0.2, -0.15) is 0 Å². The van der Waals surface area contributed by atoms with Gasteiger partial charge in [0.1, 0.15) is 18.2 Å². The summed E-state index contributed by atoms with van der Waals surface area (Å²) in [5.74, 6) is 2.06. The quantitative estimate of drug-likeness (QED) is 0.867. The molecule has 0 bridgehead atoms. The Labute approximate surface area is 121 Å². The van der Waals surface area contributed by atoms with E-state index in [0.717, 1.165) is 42.2 Å². The molecular formula is C14H16BrN3O. The molecule has 0 saturated heterocycles. The SMILES string of the molecule is Brc1cccc(OCCN2CCn3ccnc3C2)c1. The van der Waals surface area contributed by atoms with Crippen molar-refractivity contribution in [1.29, 1.82) is 0 Å². The van der Waals surface area contributed by atoms with Gasteiger partial charge < -0.3 is 9.30 Å².